The second-order valence-electron chi connectivity index (χ2n) is 1.09. The van der Waals surface area contributed by atoms with Gasteiger partial charge < -0.3 is 0 Å². The molecule has 3 heteroatoms. The van der Waals surface area contributed by atoms with E-state index in [4.69, 9.17) is 10.8 Å². The number of hydrogen-bond donors (Lipinski definition) is 1. The fraction of sp³-hybridized carbons (Fsp3) is 1.00. The number of aliphatic hydroxyl groups excluding tert-OH is 1. The topological polar surface area (TPSA) is 44.0 Å². The first kappa shape index (κ1) is 6.48. The van der Waals surface area contributed by atoms with Crippen molar-refractivity contribution in [1.82, 2.24) is 5.73 Å². The summed E-state index contributed by atoms with van der Waals surface area (Å²) in [5.41, 5.74) is 6.57. The van der Waals surface area contributed by atoms with Crippen LogP contribution in [0.4, 0.5) is 0 Å². The molecule has 0 aromatic rings. The first-order valence-corrected chi connectivity index (χ1v) is 3.55. The van der Waals surface area contributed by atoms with Crippen molar-refractivity contribution in [3.63, 3.8) is 0 Å². The van der Waals surface area contributed by atoms with E-state index in [1.54, 1.807) is 0 Å². The Bertz CT molecular complexity index is 30.0. The molecule has 0 aliphatic heterocycles. The number of hydrogen-bond acceptors (Lipinski definition) is 1. The minimum atomic E-state index is -0.370. The molecule has 0 saturated carbocycles. The van der Waals surface area contributed by atoms with Gasteiger partial charge in [0, 0.05) is 0 Å². The molecule has 6 heavy (non-hydrogen) atoms. The van der Waals surface area contributed by atoms with Crippen LogP contribution in [0.3, 0.4) is 0 Å². The van der Waals surface area contributed by atoms with Crippen molar-refractivity contribution in [2.45, 2.75) is 11.3 Å². The zero-order valence-electron chi connectivity index (χ0n) is 3.52. The fourth-order valence-corrected chi connectivity index (χ4v) is 0.433. The van der Waals surface area contributed by atoms with Crippen molar-refractivity contribution in [2.24, 2.45) is 0 Å². The van der Waals surface area contributed by atoms with Gasteiger partial charge in [-0.3, -0.25) is 0 Å². The molecule has 0 aliphatic rings. The molecule has 2 nitrogen and oxygen atoms in total. The van der Waals surface area contributed by atoms with Crippen LogP contribution >= 0.6 is 0 Å². The van der Waals surface area contributed by atoms with Gasteiger partial charge in [0.1, 0.15) is 0 Å². The Balaban J connectivity index is 2.75. The van der Waals surface area contributed by atoms with Crippen LogP contribution in [-0.2, 0) is 0 Å². The van der Waals surface area contributed by atoms with Gasteiger partial charge in [-0.1, -0.05) is 0 Å². The summed E-state index contributed by atoms with van der Waals surface area (Å²) < 4.78 is 0. The van der Waals surface area contributed by atoms with Crippen LogP contribution in [0.1, 0.15) is 0 Å². The van der Waals surface area contributed by atoms with E-state index >= 15 is 0 Å². The molecule has 0 amide bonds. The molecule has 2 atom stereocenters. The molecule has 1 radical (unpaired) electrons. The van der Waals surface area contributed by atoms with Crippen molar-refractivity contribution in [1.29, 1.82) is 0 Å². The van der Waals surface area contributed by atoms with Gasteiger partial charge in [0.25, 0.3) is 0 Å². The van der Waals surface area contributed by atoms with Gasteiger partial charge >= 0.3 is 45.6 Å². The molecular formula is C3H9AsNO. The molecule has 0 rings (SSSR count). The number of nitrogens with one attached hydrogen (secondary N) is 1. The van der Waals surface area contributed by atoms with Crippen molar-refractivity contribution >= 4 is 16.9 Å². The average molecular weight is 150 g/mol. The summed E-state index contributed by atoms with van der Waals surface area (Å²) in [6.45, 7) is 0.151. The molecule has 0 spiro atoms. The van der Waals surface area contributed by atoms with Crippen molar-refractivity contribution in [3.05, 3.63) is 0 Å². The normalized spacial score (nSPS) is 14.5. The van der Waals surface area contributed by atoms with E-state index in [0.717, 1.165) is 5.21 Å². The van der Waals surface area contributed by atoms with E-state index in [1.165, 1.54) is 16.9 Å². The van der Waals surface area contributed by atoms with Crippen molar-refractivity contribution < 1.29 is 5.11 Å². The summed E-state index contributed by atoms with van der Waals surface area (Å²) >= 11 is 1.48. The van der Waals surface area contributed by atoms with Crippen LogP contribution in [0.25, 0.3) is 0 Å². The van der Waals surface area contributed by atoms with Gasteiger partial charge in [-0.2, -0.15) is 0 Å². The monoisotopic (exact) mass is 150 g/mol. The molecule has 0 aromatic heterocycles. The van der Waals surface area contributed by atoms with Gasteiger partial charge in [0.15, 0.2) is 0 Å². The summed E-state index contributed by atoms with van der Waals surface area (Å²) in [6, 6.07) is 0. The predicted molar refractivity (Wildman–Crippen MR) is 27.3 cm³/mol. The van der Waals surface area contributed by atoms with Gasteiger partial charge in [-0.05, 0) is 0 Å². The van der Waals surface area contributed by atoms with Gasteiger partial charge in [-0.25, -0.2) is 0 Å². The average Bonchev–Trinajstić information content (AvgIpc) is 1.65. The first-order chi connectivity index (χ1) is 2.81. The molecule has 0 heterocycles. The molecule has 37 valence electrons. The van der Waals surface area contributed by atoms with E-state index in [-0.39, 0.29) is 12.6 Å². The van der Waals surface area contributed by atoms with Gasteiger partial charge in [0.05, 0.1) is 0 Å². The number of aliphatic hydroxyl groups is 1. The zero-order valence-corrected chi connectivity index (χ0v) is 5.94. The third-order valence-corrected chi connectivity index (χ3v) is 1.65. The maximum absolute atomic E-state index is 8.49. The molecule has 0 saturated heterocycles. The SMILES string of the molecule is [NH]CC(O)C[AsH2]. The minimum absolute atomic E-state index is 0.151. The first-order valence-electron chi connectivity index (χ1n) is 1.84. The molecule has 2 N–H and O–H groups in total. The Kier molecular flexibility index (Phi) is 3.95. The Labute approximate surface area is 46.2 Å². The van der Waals surface area contributed by atoms with E-state index < -0.39 is 0 Å². The van der Waals surface area contributed by atoms with Crippen LogP contribution in [0, 0.1) is 0 Å². The Morgan fingerprint density at radius 2 is 2.33 bits per heavy atom. The van der Waals surface area contributed by atoms with Crippen LogP contribution in [0.2, 0.25) is 5.21 Å². The van der Waals surface area contributed by atoms with Crippen molar-refractivity contribution in [2.75, 3.05) is 6.54 Å². The zero-order chi connectivity index (χ0) is 4.99. The Hall–Kier alpha value is 0.478. The molecular weight excluding hydrogens is 141 g/mol. The summed E-state index contributed by atoms with van der Waals surface area (Å²) in [5.74, 6) is 0. The fourth-order valence-electron chi connectivity index (χ4n) is 0.0833. The second kappa shape index (κ2) is 3.66. The van der Waals surface area contributed by atoms with Crippen LogP contribution in [0.15, 0.2) is 0 Å². The third-order valence-electron chi connectivity index (χ3n) is 0.508. The van der Waals surface area contributed by atoms with E-state index in [0.29, 0.717) is 0 Å². The van der Waals surface area contributed by atoms with Crippen LogP contribution in [-0.4, -0.2) is 34.6 Å². The molecule has 2 unspecified atom stereocenters. The van der Waals surface area contributed by atoms with E-state index in [2.05, 4.69) is 0 Å². The van der Waals surface area contributed by atoms with Crippen LogP contribution < -0.4 is 5.73 Å². The van der Waals surface area contributed by atoms with Crippen molar-refractivity contribution in [3.8, 4) is 0 Å². The summed E-state index contributed by atoms with van der Waals surface area (Å²) in [6.07, 6.45) is -0.370. The Morgan fingerprint density at radius 1 is 1.83 bits per heavy atom. The van der Waals surface area contributed by atoms with Gasteiger partial charge in [-0.15, -0.1) is 0 Å². The summed E-state index contributed by atoms with van der Waals surface area (Å²) in [7, 11) is 0. The molecule has 0 aromatic carbocycles. The predicted octanol–water partition coefficient (Wildman–Crippen LogP) is -1.32. The summed E-state index contributed by atoms with van der Waals surface area (Å²) in [4.78, 5) is 0. The Morgan fingerprint density at radius 3 is 2.33 bits per heavy atom. The molecule has 0 aliphatic carbocycles. The summed E-state index contributed by atoms with van der Waals surface area (Å²) in [5, 5.41) is 9.26. The quantitative estimate of drug-likeness (QED) is 0.487. The standard InChI is InChI=1S/C3H9AsNO/c4-1-3(6)2-5/h3,5-6H,1-2,4H2. The third kappa shape index (κ3) is 2.70. The second-order valence-corrected chi connectivity index (χ2v) is 2.08. The molecule has 0 bridgehead atoms. The maximum atomic E-state index is 8.49. The van der Waals surface area contributed by atoms with Crippen LogP contribution in [0.5, 0.6) is 0 Å². The number of rotatable bonds is 2. The van der Waals surface area contributed by atoms with Gasteiger partial charge in [0.2, 0.25) is 0 Å². The van der Waals surface area contributed by atoms with E-state index in [1.807, 2.05) is 0 Å². The molecule has 0 fully saturated rings. The van der Waals surface area contributed by atoms with E-state index in [9.17, 15) is 0 Å².